The fraction of sp³-hybridized carbons (Fsp3) is 0.964. The van der Waals surface area contributed by atoms with Crippen LogP contribution in [0.25, 0.3) is 0 Å². The van der Waals surface area contributed by atoms with Crippen LogP contribution < -0.4 is 0 Å². The van der Waals surface area contributed by atoms with E-state index in [0.29, 0.717) is 38.2 Å². The summed E-state index contributed by atoms with van der Waals surface area (Å²) in [4.78, 5) is 13.5. The predicted octanol–water partition coefficient (Wildman–Crippen LogP) is 5.72. The van der Waals surface area contributed by atoms with Crippen LogP contribution in [0.15, 0.2) is 0 Å². The van der Waals surface area contributed by atoms with Crippen molar-refractivity contribution >= 4 is 5.97 Å². The van der Waals surface area contributed by atoms with Crippen molar-refractivity contribution in [2.45, 2.75) is 108 Å². The molecule has 2 aliphatic heterocycles. The van der Waals surface area contributed by atoms with Crippen molar-refractivity contribution in [3.8, 4) is 0 Å². The summed E-state index contributed by atoms with van der Waals surface area (Å²) in [7, 11) is 0. The van der Waals surface area contributed by atoms with Gasteiger partial charge in [-0.3, -0.25) is 4.79 Å². The number of alkyl halides is 4. The van der Waals surface area contributed by atoms with E-state index in [2.05, 4.69) is 0 Å². The third-order valence-electron chi connectivity index (χ3n) is 10.2. The van der Waals surface area contributed by atoms with Crippen LogP contribution in [0, 0.1) is 35.0 Å². The van der Waals surface area contributed by atoms with Crippen molar-refractivity contribution < 1.29 is 46.0 Å². The Labute approximate surface area is 221 Å². The summed E-state index contributed by atoms with van der Waals surface area (Å²) in [6, 6.07) is 0. The topological polar surface area (TPSA) is 63.2 Å². The van der Waals surface area contributed by atoms with Gasteiger partial charge >= 0.3 is 17.8 Å². The summed E-state index contributed by atoms with van der Waals surface area (Å²) in [5.74, 6) is -7.21. The van der Waals surface area contributed by atoms with Crippen LogP contribution in [-0.4, -0.2) is 62.9 Å². The largest absolute Gasteiger partial charge is 0.462 e. The van der Waals surface area contributed by atoms with Gasteiger partial charge in [-0.15, -0.1) is 0 Å². The van der Waals surface area contributed by atoms with E-state index in [0.717, 1.165) is 37.5 Å². The molecule has 0 radical (unpaired) electrons. The van der Waals surface area contributed by atoms with Gasteiger partial charge < -0.3 is 23.7 Å². The van der Waals surface area contributed by atoms with Gasteiger partial charge in [0.15, 0.2) is 12.6 Å². The Morgan fingerprint density at radius 1 is 0.763 bits per heavy atom. The minimum absolute atomic E-state index is 0.112. The molecule has 10 heteroatoms. The Balaban J connectivity index is 1.04. The molecule has 0 aromatic rings. The van der Waals surface area contributed by atoms with Crippen LogP contribution in [0.1, 0.15) is 77.0 Å². The molecule has 4 bridgehead atoms. The van der Waals surface area contributed by atoms with Crippen molar-refractivity contribution in [2.24, 2.45) is 35.0 Å². The molecule has 0 amide bonds. The van der Waals surface area contributed by atoms with E-state index in [1.165, 1.54) is 25.7 Å². The lowest BCUT2D eigenvalue weighted by molar-refractivity contribution is -0.222. The summed E-state index contributed by atoms with van der Waals surface area (Å²) in [5.41, 5.74) is -0.782. The molecule has 0 N–H and O–H groups in total. The van der Waals surface area contributed by atoms with Crippen molar-refractivity contribution in [3.05, 3.63) is 0 Å². The van der Waals surface area contributed by atoms with Gasteiger partial charge in [0.05, 0.1) is 12.0 Å². The van der Waals surface area contributed by atoms with Gasteiger partial charge in [0.25, 0.3) is 0 Å². The van der Waals surface area contributed by atoms with Crippen LogP contribution in [0.5, 0.6) is 0 Å². The summed E-state index contributed by atoms with van der Waals surface area (Å²) in [6.07, 6.45) is 9.75. The number of esters is 1. The standard InChI is InChI=1S/C28H40F4O6/c29-27(30)15-36-23(37-16-28(27,31)32)21-10-19-5-2-6-26(11-19,12-21)25(33)35-14-22-13-34-24(38-22)20-8-17-3-1-4-18(7-17)9-20/h17-24H,1-16H2. The SMILES string of the molecule is O=C(OCC1COC(C2CC3CCCC(C3)C2)O1)C12CCCC(CC(C3OCC(F)(F)C(F)(F)CO3)C1)C2. The molecule has 6 nitrogen and oxygen atoms in total. The zero-order chi connectivity index (χ0) is 26.5. The van der Waals surface area contributed by atoms with Crippen LogP contribution >= 0.6 is 0 Å². The average Bonchev–Trinajstić information content (AvgIpc) is 3.32. The first-order chi connectivity index (χ1) is 18.1. The molecule has 4 aliphatic carbocycles. The van der Waals surface area contributed by atoms with Gasteiger partial charge in [-0.1, -0.05) is 32.1 Å². The lowest BCUT2D eigenvalue weighted by Crippen LogP contribution is -2.47. The molecule has 6 rings (SSSR count). The van der Waals surface area contributed by atoms with Gasteiger partial charge in [-0.05, 0) is 62.7 Å². The number of hydrogen-bond donors (Lipinski definition) is 0. The van der Waals surface area contributed by atoms with E-state index >= 15 is 0 Å². The molecule has 216 valence electrons. The van der Waals surface area contributed by atoms with Gasteiger partial charge in [-0.2, -0.15) is 17.6 Å². The number of fused-ring (bicyclic) bond motifs is 4. The smallest absolute Gasteiger partial charge is 0.335 e. The van der Waals surface area contributed by atoms with Gasteiger partial charge in [-0.25, -0.2) is 0 Å². The zero-order valence-corrected chi connectivity index (χ0v) is 21.9. The molecule has 6 aliphatic rings. The Bertz CT molecular complexity index is 842. The highest BCUT2D eigenvalue weighted by Gasteiger charge is 2.60. The lowest BCUT2D eigenvalue weighted by Gasteiger charge is -2.47. The molecule has 7 unspecified atom stereocenters. The lowest BCUT2D eigenvalue weighted by atomic mass is 9.58. The van der Waals surface area contributed by atoms with E-state index in [-0.39, 0.29) is 30.9 Å². The fourth-order valence-corrected chi connectivity index (χ4v) is 8.40. The molecule has 2 saturated heterocycles. The van der Waals surface area contributed by atoms with E-state index < -0.39 is 42.7 Å². The first-order valence-electron chi connectivity index (χ1n) is 14.6. The van der Waals surface area contributed by atoms with Gasteiger partial charge in [0, 0.05) is 11.8 Å². The molecular formula is C28H40F4O6. The highest BCUT2D eigenvalue weighted by atomic mass is 19.3. The molecule has 6 fully saturated rings. The number of ether oxygens (including phenoxy) is 5. The summed E-state index contributed by atoms with van der Waals surface area (Å²) in [5, 5.41) is 0. The van der Waals surface area contributed by atoms with Crippen LogP contribution in [0.3, 0.4) is 0 Å². The minimum atomic E-state index is -4.29. The van der Waals surface area contributed by atoms with E-state index in [9.17, 15) is 22.4 Å². The molecule has 0 aromatic heterocycles. The number of halogens is 4. The predicted molar refractivity (Wildman–Crippen MR) is 126 cm³/mol. The molecule has 7 atom stereocenters. The number of hydrogen-bond acceptors (Lipinski definition) is 6. The second kappa shape index (κ2) is 10.5. The van der Waals surface area contributed by atoms with Crippen LogP contribution in [0.2, 0.25) is 0 Å². The number of carbonyl (C=O) groups is 1. The van der Waals surface area contributed by atoms with Gasteiger partial charge in [0.1, 0.15) is 25.9 Å². The quantitative estimate of drug-likeness (QED) is 0.324. The monoisotopic (exact) mass is 548 g/mol. The van der Waals surface area contributed by atoms with Crippen molar-refractivity contribution in [1.82, 2.24) is 0 Å². The number of rotatable bonds is 5. The molecular weight excluding hydrogens is 508 g/mol. The van der Waals surface area contributed by atoms with Crippen LogP contribution in [-0.2, 0) is 28.5 Å². The highest BCUT2D eigenvalue weighted by Crippen LogP contribution is 2.54. The van der Waals surface area contributed by atoms with E-state index in [1.807, 2.05) is 0 Å². The molecule has 0 spiro atoms. The van der Waals surface area contributed by atoms with Crippen molar-refractivity contribution in [3.63, 3.8) is 0 Å². The van der Waals surface area contributed by atoms with Gasteiger partial charge in [0.2, 0.25) is 0 Å². The minimum Gasteiger partial charge on any atom is -0.462 e. The molecule has 2 heterocycles. The Hall–Kier alpha value is -0.970. The second-order valence-corrected chi connectivity index (χ2v) is 13.0. The highest BCUT2D eigenvalue weighted by molar-refractivity contribution is 5.77. The fourth-order valence-electron chi connectivity index (χ4n) is 8.40. The summed E-state index contributed by atoms with van der Waals surface area (Å²) in [6.45, 7) is -2.28. The Kier molecular flexibility index (Phi) is 7.49. The second-order valence-electron chi connectivity index (χ2n) is 13.0. The maximum absolute atomic E-state index is 13.8. The Morgan fingerprint density at radius 2 is 1.42 bits per heavy atom. The van der Waals surface area contributed by atoms with E-state index in [1.54, 1.807) is 0 Å². The Morgan fingerprint density at radius 3 is 2.13 bits per heavy atom. The summed E-state index contributed by atoms with van der Waals surface area (Å²) >= 11 is 0. The van der Waals surface area contributed by atoms with Crippen molar-refractivity contribution in [2.75, 3.05) is 26.4 Å². The first kappa shape index (κ1) is 27.2. The number of carbonyl (C=O) groups excluding carboxylic acids is 1. The normalized spacial score (nSPS) is 44.8. The molecule has 0 aromatic carbocycles. The van der Waals surface area contributed by atoms with Crippen LogP contribution in [0.4, 0.5) is 17.6 Å². The molecule has 38 heavy (non-hydrogen) atoms. The first-order valence-corrected chi connectivity index (χ1v) is 14.6. The summed E-state index contributed by atoms with van der Waals surface area (Å²) < 4.78 is 83.6. The average molecular weight is 549 g/mol. The maximum Gasteiger partial charge on any atom is 0.335 e. The maximum atomic E-state index is 13.8. The zero-order valence-electron chi connectivity index (χ0n) is 21.9. The molecule has 4 saturated carbocycles. The third-order valence-corrected chi connectivity index (χ3v) is 10.2. The van der Waals surface area contributed by atoms with E-state index in [4.69, 9.17) is 23.7 Å². The van der Waals surface area contributed by atoms with Crippen molar-refractivity contribution in [1.29, 1.82) is 0 Å². The third kappa shape index (κ3) is 5.36.